The number of ether oxygens (including phenoxy) is 2. The predicted molar refractivity (Wildman–Crippen MR) is 125 cm³/mol. The molecule has 5 rings (SSSR count). The molecule has 9 nitrogen and oxygen atoms in total. The van der Waals surface area contributed by atoms with E-state index in [1.54, 1.807) is 12.3 Å². The zero-order chi connectivity index (χ0) is 23.7. The number of rotatable bonds is 5. The number of amides is 3. The number of hydrogen-bond acceptors (Lipinski definition) is 6. The normalized spacial score (nSPS) is 26.7. The third-order valence-corrected chi connectivity index (χ3v) is 8.11. The van der Waals surface area contributed by atoms with Crippen molar-refractivity contribution in [1.82, 2.24) is 10.3 Å². The molecule has 0 aromatic carbocycles. The second kappa shape index (κ2) is 9.52. The SMILES string of the molecule is C[C@H]1CC[C@H]([C@H](NC(=O)OC2CCC2)C(=O)Nc2cc3c(cn2)C2(CCOCC2)C(=O)N3)CC1. The Bertz CT molecular complexity index is 949. The molecule has 3 amide bonds. The van der Waals surface area contributed by atoms with Gasteiger partial charge < -0.3 is 25.4 Å². The highest BCUT2D eigenvalue weighted by atomic mass is 16.6. The smallest absolute Gasteiger partial charge is 0.408 e. The van der Waals surface area contributed by atoms with Crippen LogP contribution in [0, 0.1) is 11.8 Å². The number of aromatic nitrogens is 1. The van der Waals surface area contributed by atoms with Crippen LogP contribution in [-0.2, 0) is 24.5 Å². The third-order valence-electron chi connectivity index (χ3n) is 8.11. The van der Waals surface area contributed by atoms with Gasteiger partial charge >= 0.3 is 6.09 Å². The van der Waals surface area contributed by atoms with E-state index in [-0.39, 0.29) is 23.8 Å². The highest BCUT2D eigenvalue weighted by molar-refractivity contribution is 6.07. The van der Waals surface area contributed by atoms with Crippen LogP contribution in [-0.4, -0.2) is 48.3 Å². The van der Waals surface area contributed by atoms with Gasteiger partial charge in [0.05, 0.1) is 11.1 Å². The zero-order valence-electron chi connectivity index (χ0n) is 19.7. The summed E-state index contributed by atoms with van der Waals surface area (Å²) in [6, 6.07) is 1.02. The van der Waals surface area contributed by atoms with Crippen LogP contribution in [0.3, 0.4) is 0 Å². The summed E-state index contributed by atoms with van der Waals surface area (Å²) in [6.45, 7) is 3.29. The molecule has 184 valence electrons. The summed E-state index contributed by atoms with van der Waals surface area (Å²) in [6.07, 6.45) is 8.99. The fourth-order valence-corrected chi connectivity index (χ4v) is 5.61. The van der Waals surface area contributed by atoms with E-state index in [0.717, 1.165) is 50.5 Å². The summed E-state index contributed by atoms with van der Waals surface area (Å²) in [7, 11) is 0. The van der Waals surface area contributed by atoms with E-state index >= 15 is 0 Å². The van der Waals surface area contributed by atoms with Crippen LogP contribution in [0.4, 0.5) is 16.3 Å². The molecule has 0 unspecified atom stereocenters. The average Bonchev–Trinajstić information content (AvgIpc) is 3.06. The van der Waals surface area contributed by atoms with Gasteiger partial charge in [-0.3, -0.25) is 9.59 Å². The van der Waals surface area contributed by atoms with E-state index < -0.39 is 17.6 Å². The van der Waals surface area contributed by atoms with Crippen molar-refractivity contribution in [2.45, 2.75) is 82.3 Å². The largest absolute Gasteiger partial charge is 0.446 e. The predicted octanol–water partition coefficient (Wildman–Crippen LogP) is 3.49. The van der Waals surface area contributed by atoms with Crippen LogP contribution >= 0.6 is 0 Å². The van der Waals surface area contributed by atoms with Crippen molar-refractivity contribution in [3.8, 4) is 0 Å². The van der Waals surface area contributed by atoms with Crippen LogP contribution in [0.5, 0.6) is 0 Å². The van der Waals surface area contributed by atoms with Gasteiger partial charge in [0.15, 0.2) is 0 Å². The maximum Gasteiger partial charge on any atom is 0.408 e. The number of fused-ring (bicyclic) bond motifs is 2. The quantitative estimate of drug-likeness (QED) is 0.606. The number of nitrogens with zero attached hydrogens (tertiary/aromatic N) is 1. The summed E-state index contributed by atoms with van der Waals surface area (Å²) in [5, 5.41) is 8.68. The number of carbonyl (C=O) groups excluding carboxylic acids is 3. The molecule has 1 aromatic heterocycles. The van der Waals surface area contributed by atoms with E-state index in [2.05, 4.69) is 27.9 Å². The molecule has 2 saturated carbocycles. The fraction of sp³-hybridized carbons (Fsp3) is 0.680. The first-order valence-corrected chi connectivity index (χ1v) is 12.6. The van der Waals surface area contributed by atoms with Gasteiger partial charge in [0.25, 0.3) is 0 Å². The fourth-order valence-electron chi connectivity index (χ4n) is 5.61. The summed E-state index contributed by atoms with van der Waals surface area (Å²) >= 11 is 0. The molecule has 4 aliphatic rings. The van der Waals surface area contributed by atoms with Crippen LogP contribution in [0.1, 0.15) is 70.3 Å². The lowest BCUT2D eigenvalue weighted by Crippen LogP contribution is -2.50. The Morgan fingerprint density at radius 3 is 2.59 bits per heavy atom. The summed E-state index contributed by atoms with van der Waals surface area (Å²) in [5.74, 6) is 0.691. The number of nitrogens with one attached hydrogen (secondary N) is 3. The van der Waals surface area contributed by atoms with Gasteiger partial charge in [-0.2, -0.15) is 0 Å². The maximum absolute atomic E-state index is 13.3. The number of alkyl carbamates (subject to hydrolysis) is 1. The first kappa shape index (κ1) is 23.1. The van der Waals surface area contributed by atoms with Crippen molar-refractivity contribution in [3.63, 3.8) is 0 Å². The van der Waals surface area contributed by atoms with Gasteiger partial charge in [0.2, 0.25) is 11.8 Å². The van der Waals surface area contributed by atoms with Gasteiger partial charge in [0, 0.05) is 31.0 Å². The lowest BCUT2D eigenvalue weighted by molar-refractivity contribution is -0.124. The summed E-state index contributed by atoms with van der Waals surface area (Å²) in [5.41, 5.74) is 0.938. The highest BCUT2D eigenvalue weighted by Crippen LogP contribution is 2.44. The van der Waals surface area contributed by atoms with Crippen molar-refractivity contribution in [2.75, 3.05) is 23.8 Å². The average molecular weight is 471 g/mol. The molecule has 1 saturated heterocycles. The van der Waals surface area contributed by atoms with E-state index in [1.807, 2.05) is 0 Å². The first-order chi connectivity index (χ1) is 16.4. The lowest BCUT2D eigenvalue weighted by atomic mass is 9.76. The molecule has 3 fully saturated rings. The lowest BCUT2D eigenvalue weighted by Gasteiger charge is -2.33. The van der Waals surface area contributed by atoms with Crippen molar-refractivity contribution in [1.29, 1.82) is 0 Å². The highest BCUT2D eigenvalue weighted by Gasteiger charge is 2.48. The molecule has 1 spiro atoms. The number of hydrogen-bond donors (Lipinski definition) is 3. The standard InChI is InChI=1S/C25H34N4O5/c1-15-5-7-16(8-6-15)21(29-24(32)34-17-3-2-4-17)22(30)28-20-13-19-18(14-26-20)25(23(31)27-19)9-11-33-12-10-25/h13-17,21H,2-12H2,1H3,(H,27,31)(H,29,32)(H,26,28,30)/t15-,16-,21-/m0/s1. The van der Waals surface area contributed by atoms with Gasteiger partial charge in [-0.15, -0.1) is 0 Å². The van der Waals surface area contributed by atoms with Crippen molar-refractivity contribution < 1.29 is 23.9 Å². The molecule has 1 atom stereocenters. The Hall–Kier alpha value is -2.68. The van der Waals surface area contributed by atoms with Crippen molar-refractivity contribution in [3.05, 3.63) is 17.8 Å². The molecular formula is C25H34N4O5. The summed E-state index contributed by atoms with van der Waals surface area (Å²) in [4.78, 5) is 43.1. The van der Waals surface area contributed by atoms with Gasteiger partial charge in [-0.05, 0) is 56.8 Å². The van der Waals surface area contributed by atoms with Crippen molar-refractivity contribution >= 4 is 29.4 Å². The second-order valence-corrected chi connectivity index (χ2v) is 10.4. The minimum absolute atomic E-state index is 0.0364. The minimum Gasteiger partial charge on any atom is -0.446 e. The number of anilines is 2. The van der Waals surface area contributed by atoms with E-state index in [1.165, 1.54) is 0 Å². The number of carbonyl (C=O) groups is 3. The van der Waals surface area contributed by atoms with E-state index in [4.69, 9.17) is 9.47 Å². The molecule has 0 bridgehead atoms. The monoisotopic (exact) mass is 470 g/mol. The molecule has 34 heavy (non-hydrogen) atoms. The Balaban J connectivity index is 1.30. The van der Waals surface area contributed by atoms with Crippen LogP contribution in [0.15, 0.2) is 12.3 Å². The summed E-state index contributed by atoms with van der Waals surface area (Å²) < 4.78 is 10.9. The Kier molecular flexibility index (Phi) is 6.46. The number of pyridine rings is 1. The molecule has 3 N–H and O–H groups in total. The molecule has 1 aromatic rings. The van der Waals surface area contributed by atoms with Gasteiger partial charge in [-0.1, -0.05) is 19.8 Å². The molecule has 2 aliphatic heterocycles. The Morgan fingerprint density at radius 2 is 1.91 bits per heavy atom. The zero-order valence-corrected chi connectivity index (χ0v) is 19.7. The molecule has 3 heterocycles. The van der Waals surface area contributed by atoms with Gasteiger partial charge in [0.1, 0.15) is 18.0 Å². The second-order valence-electron chi connectivity index (χ2n) is 10.4. The maximum atomic E-state index is 13.3. The topological polar surface area (TPSA) is 119 Å². The minimum atomic E-state index is -0.688. The van der Waals surface area contributed by atoms with Gasteiger partial charge in [-0.25, -0.2) is 9.78 Å². The molecular weight excluding hydrogens is 436 g/mol. The molecule has 0 radical (unpaired) electrons. The molecule has 9 heteroatoms. The Labute approximate surface area is 199 Å². The first-order valence-electron chi connectivity index (χ1n) is 12.6. The third kappa shape index (κ3) is 4.50. The van der Waals surface area contributed by atoms with Crippen LogP contribution in [0.25, 0.3) is 0 Å². The molecule has 2 aliphatic carbocycles. The van der Waals surface area contributed by atoms with E-state index in [9.17, 15) is 14.4 Å². The van der Waals surface area contributed by atoms with Crippen LogP contribution in [0.2, 0.25) is 0 Å². The van der Waals surface area contributed by atoms with Crippen LogP contribution < -0.4 is 16.0 Å². The Morgan fingerprint density at radius 1 is 1.18 bits per heavy atom. The van der Waals surface area contributed by atoms with E-state index in [0.29, 0.717) is 43.5 Å². The van der Waals surface area contributed by atoms with Crippen molar-refractivity contribution in [2.24, 2.45) is 11.8 Å².